The minimum Gasteiger partial charge on any atom is 0 e. The van der Waals surface area contributed by atoms with Crippen LogP contribution in [-0.2, 0) is 44.9 Å². The molecule has 1 radical (unpaired) electrons. The largest absolute Gasteiger partial charge is 0 e. The van der Waals surface area contributed by atoms with Gasteiger partial charge >= 0.3 is 23.2 Å². The summed E-state index contributed by atoms with van der Waals surface area (Å²) in [7, 11) is 0. The van der Waals surface area contributed by atoms with Crippen LogP contribution in [0.5, 0.6) is 0 Å². The second-order valence-corrected chi connectivity index (χ2v) is 0. The first-order valence-electron chi connectivity index (χ1n) is 0.167. The first-order valence-corrected chi connectivity index (χ1v) is 1.36. The summed E-state index contributed by atoms with van der Waals surface area (Å²) in [6, 6.07) is 0. The average molecular weight is 267 g/mol. The topological polar surface area (TPSA) is 17.1 Å². The van der Waals surface area contributed by atoms with Crippen LogP contribution < -0.4 is 0 Å². The second kappa shape index (κ2) is 31.6. The smallest absolute Gasteiger partial charge is 0 e. The van der Waals surface area contributed by atoms with E-state index in [2.05, 4.69) is 0 Å². The summed E-state index contributed by atoms with van der Waals surface area (Å²) in [4.78, 5) is 0. The molecule has 0 aliphatic rings. The molecule has 4 heavy (non-hydrogen) atoms. The van der Waals surface area contributed by atoms with E-state index in [4.69, 9.17) is 3.40 Å². The summed E-state index contributed by atoms with van der Waals surface area (Å²) in [5.74, 6) is 0. The monoisotopic (exact) mass is 267 g/mol. The minimum absolute atomic E-state index is 0. The second-order valence-electron chi connectivity index (χ2n) is 0. The third-order valence-electron chi connectivity index (χ3n) is 0. The molecule has 0 aromatic heterocycles. The predicted octanol–water partition coefficient (Wildman–Crippen LogP) is 0.296. The zero-order valence-corrected chi connectivity index (χ0v) is 6.19. The fraction of sp³-hybridized carbons (Fsp3) is 0. The third-order valence-corrected chi connectivity index (χ3v) is 0. The van der Waals surface area contributed by atoms with Crippen LogP contribution in [0.15, 0.2) is 0 Å². The van der Waals surface area contributed by atoms with Crippen molar-refractivity contribution in [3.63, 3.8) is 0 Å². The van der Waals surface area contributed by atoms with E-state index in [1.165, 1.54) is 0 Å². The molecule has 0 rings (SSSR count). The molecular weight excluding hydrogens is 267 g/mol. The van der Waals surface area contributed by atoms with E-state index in [1.807, 2.05) is 0 Å². The Labute approximate surface area is 49.6 Å². The number of hydrogen-bond donors (Lipinski definition) is 0. The molecule has 0 fully saturated rings. The van der Waals surface area contributed by atoms with E-state index < -0.39 is 0 Å². The van der Waals surface area contributed by atoms with Crippen LogP contribution in [0.4, 0.5) is 4.70 Å². The molecule has 0 saturated heterocycles. The summed E-state index contributed by atoms with van der Waals surface area (Å²) < 4.78 is 8.33. The maximum atomic E-state index is 8.33. The van der Waals surface area contributed by atoms with Gasteiger partial charge in [-0.15, -0.1) is 0 Å². The van der Waals surface area contributed by atoms with E-state index in [-0.39, 0.29) is 26.4 Å². The van der Waals surface area contributed by atoms with E-state index >= 15 is 0 Å². The summed E-state index contributed by atoms with van der Waals surface area (Å²) >= 11 is 0.333. The van der Waals surface area contributed by atoms with Crippen molar-refractivity contribution in [2.75, 3.05) is 0 Å². The predicted molar refractivity (Wildman–Crippen MR) is 1.79 cm³/mol. The molecule has 0 bridgehead atoms. The zero-order chi connectivity index (χ0) is 2.00. The Bertz CT molecular complexity index is 8.00. The Kier molecular flexibility index (Phi) is 152. The standard InChI is InChI=1S/F.O.Ti.W. The van der Waals surface area contributed by atoms with Crippen LogP contribution in [-0.4, -0.2) is 0 Å². The van der Waals surface area contributed by atoms with Gasteiger partial charge in [-0.25, -0.2) is 0 Å². The Hall–Kier alpha value is 1.13. The Morgan fingerprint density at radius 3 is 1.25 bits per heavy atom. The van der Waals surface area contributed by atoms with Crippen molar-refractivity contribution in [3.8, 4) is 0 Å². The van der Waals surface area contributed by atoms with Gasteiger partial charge in [-0.1, -0.05) is 0 Å². The van der Waals surface area contributed by atoms with Gasteiger partial charge in [0.1, 0.15) is 0 Å². The van der Waals surface area contributed by atoms with Crippen LogP contribution in [0.3, 0.4) is 0 Å². The van der Waals surface area contributed by atoms with E-state index in [9.17, 15) is 0 Å². The van der Waals surface area contributed by atoms with Gasteiger partial charge < -0.3 is 0 Å². The number of halogens is 1. The third kappa shape index (κ3) is 11.1. The van der Waals surface area contributed by atoms with Crippen LogP contribution in [0.25, 0.3) is 0 Å². The Morgan fingerprint density at radius 1 is 1.25 bits per heavy atom. The first kappa shape index (κ1) is 19.3. The van der Waals surface area contributed by atoms with Crippen LogP contribution >= 0.6 is 0 Å². The Balaban J connectivity index is -0.00000000500. The van der Waals surface area contributed by atoms with Crippen molar-refractivity contribution < 1.29 is 49.6 Å². The molecular formula is FOTiW. The molecule has 0 N–H and O–H groups in total. The van der Waals surface area contributed by atoms with Crippen molar-refractivity contribution in [1.29, 1.82) is 0 Å². The van der Waals surface area contributed by atoms with Gasteiger partial charge in [-0.05, 0) is 0 Å². The van der Waals surface area contributed by atoms with Gasteiger partial charge in [0, 0.05) is 26.4 Å². The molecule has 0 aromatic carbocycles. The van der Waals surface area contributed by atoms with Gasteiger partial charge in [0.2, 0.25) is 0 Å². The van der Waals surface area contributed by atoms with Gasteiger partial charge in [0.05, 0.1) is 0 Å². The SMILES string of the molecule is [F].[O]=[W].[Ti]. The van der Waals surface area contributed by atoms with E-state index in [1.54, 1.807) is 0 Å². The molecule has 0 atom stereocenters. The van der Waals surface area contributed by atoms with E-state index in [0.717, 1.165) is 0 Å². The molecule has 0 aliphatic heterocycles. The normalized spacial score (nSPS) is 1.00. The van der Waals surface area contributed by atoms with Crippen molar-refractivity contribution >= 4 is 0 Å². The summed E-state index contributed by atoms with van der Waals surface area (Å²) in [5, 5.41) is 0. The molecule has 0 heterocycles. The quantitative estimate of drug-likeness (QED) is 0.577. The molecule has 0 spiro atoms. The van der Waals surface area contributed by atoms with Crippen molar-refractivity contribution in [2.45, 2.75) is 0 Å². The van der Waals surface area contributed by atoms with Gasteiger partial charge in [0.15, 0.2) is 0 Å². The summed E-state index contributed by atoms with van der Waals surface area (Å²) in [5.41, 5.74) is 0. The van der Waals surface area contributed by atoms with Crippen molar-refractivity contribution in [2.24, 2.45) is 0 Å². The molecule has 0 saturated carbocycles. The molecule has 0 unspecified atom stereocenters. The summed E-state index contributed by atoms with van der Waals surface area (Å²) in [6.07, 6.45) is 0. The van der Waals surface area contributed by atoms with Gasteiger partial charge in [-0.3, -0.25) is 0 Å². The van der Waals surface area contributed by atoms with Crippen molar-refractivity contribution in [1.82, 2.24) is 0 Å². The first-order chi connectivity index (χ1) is 1.00. The maximum absolute atomic E-state index is 8.33. The molecule has 4 heteroatoms. The van der Waals surface area contributed by atoms with Gasteiger partial charge in [-0.2, -0.15) is 0 Å². The molecule has 1 nitrogen and oxygen atoms in total. The Morgan fingerprint density at radius 2 is 1.25 bits per heavy atom. The van der Waals surface area contributed by atoms with Crippen molar-refractivity contribution in [3.05, 3.63) is 0 Å². The maximum Gasteiger partial charge on any atom is 0 e. The summed E-state index contributed by atoms with van der Waals surface area (Å²) in [6.45, 7) is 0. The van der Waals surface area contributed by atoms with Crippen LogP contribution in [0.1, 0.15) is 0 Å². The zero-order valence-electron chi connectivity index (χ0n) is 1.69. The number of hydrogen-bond acceptors (Lipinski definition) is 1. The molecule has 0 aromatic rings. The van der Waals surface area contributed by atoms with Crippen LogP contribution in [0, 0.1) is 0 Å². The average Bonchev–Trinajstić information content (AvgIpc) is 1.00. The minimum atomic E-state index is 0. The molecule has 0 aliphatic carbocycles. The van der Waals surface area contributed by atoms with E-state index in [0.29, 0.717) is 19.8 Å². The molecule has 23 valence electrons. The fourth-order valence-electron chi connectivity index (χ4n) is 0. The fourth-order valence-corrected chi connectivity index (χ4v) is 0. The van der Waals surface area contributed by atoms with Gasteiger partial charge in [0.25, 0.3) is 0 Å². The van der Waals surface area contributed by atoms with Crippen LogP contribution in [0.2, 0.25) is 0 Å². The molecule has 0 amide bonds. The number of rotatable bonds is 0.